The zero-order valence-corrected chi connectivity index (χ0v) is 16.8. The number of rotatable bonds is 6. The molecule has 7 nitrogen and oxygen atoms in total. The fourth-order valence-corrected chi connectivity index (χ4v) is 2.97. The van der Waals surface area contributed by atoms with Gasteiger partial charge in [-0.25, -0.2) is 18.1 Å². The van der Waals surface area contributed by atoms with Gasteiger partial charge in [0.2, 0.25) is 5.82 Å². The highest BCUT2D eigenvalue weighted by atomic mass is 19.1. The van der Waals surface area contributed by atoms with E-state index in [1.54, 1.807) is 19.1 Å². The molecule has 2 aromatic heterocycles. The number of hydrogen-bond acceptors (Lipinski definition) is 6. The first-order valence-corrected chi connectivity index (χ1v) is 9.43. The normalized spacial score (nSPS) is 12.2. The summed E-state index contributed by atoms with van der Waals surface area (Å²) in [5.41, 5.74) is 1.81. The zero-order valence-electron chi connectivity index (χ0n) is 16.8. The van der Waals surface area contributed by atoms with E-state index in [4.69, 9.17) is 9.05 Å². The molecule has 9 heteroatoms. The molecule has 0 aliphatic heterocycles. The number of aromatic nitrogens is 4. The van der Waals surface area contributed by atoms with E-state index >= 15 is 0 Å². The third-order valence-electron chi connectivity index (χ3n) is 4.57. The molecular formula is C23H16F2N4O3. The molecule has 0 saturated heterocycles. The third kappa shape index (κ3) is 4.08. The average Bonchev–Trinajstić information content (AvgIpc) is 3.43. The molecule has 4 rings (SSSR count). The molecule has 0 radical (unpaired) electrons. The molecule has 0 fully saturated rings. The Hall–Kier alpha value is -4.40. The van der Waals surface area contributed by atoms with Crippen molar-refractivity contribution in [3.63, 3.8) is 0 Å². The number of allylic oxidation sites excluding steroid dienone is 5. The molecule has 32 heavy (non-hydrogen) atoms. The van der Waals surface area contributed by atoms with E-state index in [1.165, 1.54) is 59.2 Å². The standard InChI is InChI=1S/C23H16F2N4O3/c1-3-4-5-19(29-21(28-32-23(29)30)16-8-12-18(25)13-9-16)14(2)22-26-20(27-31-22)15-6-10-17(24)11-7-15/h3-13H,1H2,2H3/b5-4-,19-14-. The summed E-state index contributed by atoms with van der Waals surface area (Å²) in [5.74, 6) is -1.02. The minimum atomic E-state index is -0.759. The Morgan fingerprint density at radius 3 is 2.22 bits per heavy atom. The Morgan fingerprint density at radius 2 is 1.59 bits per heavy atom. The first-order chi connectivity index (χ1) is 15.5. The lowest BCUT2D eigenvalue weighted by Crippen LogP contribution is -2.15. The Balaban J connectivity index is 1.85. The summed E-state index contributed by atoms with van der Waals surface area (Å²) in [6.07, 6.45) is 4.75. The monoisotopic (exact) mass is 434 g/mol. The fraction of sp³-hybridized carbons (Fsp3) is 0.0435. The van der Waals surface area contributed by atoms with Crippen LogP contribution in [0.2, 0.25) is 0 Å². The third-order valence-corrected chi connectivity index (χ3v) is 4.57. The highest BCUT2D eigenvalue weighted by Gasteiger charge is 2.20. The first kappa shape index (κ1) is 20.9. The predicted octanol–water partition coefficient (Wildman–Crippen LogP) is 4.96. The Morgan fingerprint density at radius 1 is 0.969 bits per heavy atom. The largest absolute Gasteiger partial charge is 0.446 e. The Bertz CT molecular complexity index is 1380. The second kappa shape index (κ2) is 8.76. The lowest BCUT2D eigenvalue weighted by molar-refractivity contribution is 0.384. The lowest BCUT2D eigenvalue weighted by atomic mass is 10.1. The molecule has 2 aromatic carbocycles. The molecule has 0 amide bonds. The second-order valence-corrected chi connectivity index (χ2v) is 6.65. The van der Waals surface area contributed by atoms with Gasteiger partial charge in [-0.2, -0.15) is 4.98 Å². The Labute approximate surface area is 180 Å². The number of nitrogens with zero attached hydrogens (tertiary/aromatic N) is 4. The maximum absolute atomic E-state index is 13.4. The van der Waals surface area contributed by atoms with E-state index in [0.717, 1.165) is 0 Å². The van der Waals surface area contributed by atoms with Gasteiger partial charge in [-0.3, -0.25) is 4.52 Å². The maximum atomic E-state index is 13.4. The molecule has 0 N–H and O–H groups in total. The molecule has 0 aliphatic carbocycles. The van der Waals surface area contributed by atoms with Crippen LogP contribution in [0.25, 0.3) is 34.0 Å². The van der Waals surface area contributed by atoms with E-state index in [9.17, 15) is 13.6 Å². The van der Waals surface area contributed by atoms with Crippen LogP contribution < -0.4 is 5.76 Å². The van der Waals surface area contributed by atoms with Crippen molar-refractivity contribution >= 4 is 11.3 Å². The van der Waals surface area contributed by atoms with E-state index in [1.807, 2.05) is 0 Å². The lowest BCUT2D eigenvalue weighted by Gasteiger charge is -2.08. The average molecular weight is 434 g/mol. The van der Waals surface area contributed by atoms with Crippen molar-refractivity contribution < 1.29 is 17.8 Å². The number of halogens is 2. The Kier molecular flexibility index (Phi) is 5.71. The molecule has 2 heterocycles. The quantitative estimate of drug-likeness (QED) is 0.399. The number of benzene rings is 2. The van der Waals surface area contributed by atoms with E-state index in [2.05, 4.69) is 21.9 Å². The van der Waals surface area contributed by atoms with Crippen LogP contribution in [0, 0.1) is 11.6 Å². The zero-order chi connectivity index (χ0) is 22.7. The molecule has 0 atom stereocenters. The van der Waals surface area contributed by atoms with Gasteiger partial charge in [0.15, 0.2) is 5.82 Å². The van der Waals surface area contributed by atoms with Gasteiger partial charge in [0, 0.05) is 16.7 Å². The van der Waals surface area contributed by atoms with Gasteiger partial charge in [-0.15, -0.1) is 0 Å². The van der Waals surface area contributed by atoms with Gasteiger partial charge < -0.3 is 4.52 Å². The molecule has 0 aliphatic rings. The number of hydrogen-bond donors (Lipinski definition) is 0. The molecule has 0 saturated carbocycles. The second-order valence-electron chi connectivity index (χ2n) is 6.65. The molecule has 4 aromatic rings. The van der Waals surface area contributed by atoms with Crippen LogP contribution in [0.15, 0.2) is 87.2 Å². The van der Waals surface area contributed by atoms with Crippen molar-refractivity contribution in [1.82, 2.24) is 19.9 Å². The van der Waals surface area contributed by atoms with Gasteiger partial charge in [0.25, 0.3) is 5.89 Å². The highest BCUT2D eigenvalue weighted by Crippen LogP contribution is 2.27. The van der Waals surface area contributed by atoms with Crippen LogP contribution >= 0.6 is 0 Å². The summed E-state index contributed by atoms with van der Waals surface area (Å²) in [5, 5.41) is 7.78. The van der Waals surface area contributed by atoms with Gasteiger partial charge in [0.05, 0.1) is 5.70 Å². The molecule has 0 unspecified atom stereocenters. The fourth-order valence-electron chi connectivity index (χ4n) is 2.97. The van der Waals surface area contributed by atoms with E-state index in [-0.39, 0.29) is 23.4 Å². The summed E-state index contributed by atoms with van der Waals surface area (Å²) < 4.78 is 38.0. The summed E-state index contributed by atoms with van der Waals surface area (Å²) in [6.45, 7) is 5.33. The molecule has 0 spiro atoms. The van der Waals surface area contributed by atoms with Crippen molar-refractivity contribution in [1.29, 1.82) is 0 Å². The minimum Gasteiger partial charge on any atom is -0.334 e. The van der Waals surface area contributed by atoms with Crippen molar-refractivity contribution in [3.8, 4) is 22.8 Å². The van der Waals surface area contributed by atoms with E-state index < -0.39 is 11.6 Å². The molecule has 0 bridgehead atoms. The van der Waals surface area contributed by atoms with Crippen LogP contribution in [0.1, 0.15) is 12.8 Å². The summed E-state index contributed by atoms with van der Waals surface area (Å²) in [4.78, 5) is 16.9. The maximum Gasteiger partial charge on any atom is 0.446 e. The predicted molar refractivity (Wildman–Crippen MR) is 114 cm³/mol. The van der Waals surface area contributed by atoms with Crippen molar-refractivity contribution in [2.24, 2.45) is 0 Å². The van der Waals surface area contributed by atoms with Crippen LogP contribution in [0.5, 0.6) is 0 Å². The summed E-state index contributed by atoms with van der Waals surface area (Å²) in [6, 6.07) is 11.1. The van der Waals surface area contributed by atoms with Gasteiger partial charge in [0.1, 0.15) is 11.6 Å². The first-order valence-electron chi connectivity index (χ1n) is 9.43. The van der Waals surface area contributed by atoms with Gasteiger partial charge in [-0.05, 0) is 61.5 Å². The summed E-state index contributed by atoms with van der Waals surface area (Å²) in [7, 11) is 0. The smallest absolute Gasteiger partial charge is 0.334 e. The van der Waals surface area contributed by atoms with Crippen molar-refractivity contribution in [3.05, 3.63) is 101 Å². The van der Waals surface area contributed by atoms with Gasteiger partial charge in [-0.1, -0.05) is 29.0 Å². The van der Waals surface area contributed by atoms with Gasteiger partial charge >= 0.3 is 5.76 Å². The van der Waals surface area contributed by atoms with Crippen molar-refractivity contribution in [2.45, 2.75) is 6.92 Å². The topological polar surface area (TPSA) is 86.9 Å². The van der Waals surface area contributed by atoms with Crippen LogP contribution in [-0.4, -0.2) is 19.9 Å². The van der Waals surface area contributed by atoms with E-state index in [0.29, 0.717) is 22.4 Å². The highest BCUT2D eigenvalue weighted by molar-refractivity contribution is 5.85. The minimum absolute atomic E-state index is 0.131. The van der Waals surface area contributed by atoms with Crippen LogP contribution in [0.3, 0.4) is 0 Å². The van der Waals surface area contributed by atoms with Crippen molar-refractivity contribution in [2.75, 3.05) is 0 Å². The van der Waals surface area contributed by atoms with Crippen LogP contribution in [-0.2, 0) is 0 Å². The van der Waals surface area contributed by atoms with Crippen LogP contribution in [0.4, 0.5) is 8.78 Å². The summed E-state index contributed by atoms with van der Waals surface area (Å²) >= 11 is 0. The molecule has 160 valence electrons. The SMILES string of the molecule is C=C/C=C\C(=C(/C)c1nc(-c2ccc(F)cc2)no1)n1c(-c2ccc(F)cc2)noc1=O. The molecular weight excluding hydrogens is 418 g/mol.